The summed E-state index contributed by atoms with van der Waals surface area (Å²) in [6.07, 6.45) is -1.89. The molecule has 0 bridgehead atoms. The predicted molar refractivity (Wildman–Crippen MR) is 154 cm³/mol. The number of rotatable bonds is 5. The first-order valence-corrected chi connectivity index (χ1v) is 14.3. The second kappa shape index (κ2) is 11.0. The third-order valence-electron chi connectivity index (χ3n) is 8.25. The smallest absolute Gasteiger partial charge is 0.383 e. The van der Waals surface area contributed by atoms with Gasteiger partial charge in [0, 0.05) is 41.6 Å². The molecular formula is C32H26F3N5O4. The number of aromatic nitrogens is 4. The molecule has 4 heterocycles. The zero-order chi connectivity index (χ0) is 30.4. The molecule has 0 N–H and O–H groups in total. The largest absolute Gasteiger partial charge is 0.491 e. The third kappa shape index (κ3) is 5.15. The Morgan fingerprint density at radius 2 is 1.64 bits per heavy atom. The van der Waals surface area contributed by atoms with Crippen LogP contribution in [0, 0.1) is 0 Å². The summed E-state index contributed by atoms with van der Waals surface area (Å²) in [6, 6.07) is 20.0. The number of carbonyl (C=O) groups is 2. The molecule has 224 valence electrons. The summed E-state index contributed by atoms with van der Waals surface area (Å²) in [4.78, 5) is 35.6. The lowest BCUT2D eigenvalue weighted by molar-refractivity contribution is -0.193. The molecule has 0 unspecified atom stereocenters. The minimum atomic E-state index is -5.27. The zero-order valence-electron chi connectivity index (χ0n) is 23.3. The molecule has 7 rings (SSSR count). The summed E-state index contributed by atoms with van der Waals surface area (Å²) in [5.41, 5.74) is 5.67. The maximum absolute atomic E-state index is 12.6. The van der Waals surface area contributed by atoms with E-state index in [0.717, 1.165) is 46.5 Å². The number of carbonyl (C=O) groups excluding carboxylic acids is 2. The van der Waals surface area contributed by atoms with E-state index in [-0.39, 0.29) is 17.4 Å². The van der Waals surface area contributed by atoms with Crippen molar-refractivity contribution in [2.75, 3.05) is 31.2 Å². The van der Waals surface area contributed by atoms with Crippen molar-refractivity contribution in [2.24, 2.45) is 0 Å². The lowest BCUT2D eigenvalue weighted by atomic mass is 9.71. The quantitative estimate of drug-likeness (QED) is 0.187. The summed E-state index contributed by atoms with van der Waals surface area (Å²) in [5.74, 6) is -3.57. The molecule has 1 saturated carbocycles. The molecule has 1 saturated heterocycles. The zero-order valence-corrected chi connectivity index (χ0v) is 23.3. The van der Waals surface area contributed by atoms with Gasteiger partial charge in [-0.25, -0.2) is 19.1 Å². The number of esters is 2. The van der Waals surface area contributed by atoms with Crippen LogP contribution in [0.15, 0.2) is 72.9 Å². The van der Waals surface area contributed by atoms with Crippen molar-refractivity contribution in [3.05, 3.63) is 89.9 Å². The Kier molecular flexibility index (Phi) is 7.00. The average Bonchev–Trinajstić information content (AvgIpc) is 3.39. The average molecular weight is 602 g/mol. The summed E-state index contributed by atoms with van der Waals surface area (Å²) in [6.45, 7) is 2.63. The number of nitrogens with zero attached hydrogens (tertiary/aromatic N) is 5. The summed E-state index contributed by atoms with van der Waals surface area (Å²) < 4.78 is 49.1. The monoisotopic (exact) mass is 601 g/mol. The van der Waals surface area contributed by atoms with E-state index in [1.54, 1.807) is 22.8 Å². The Hall–Kier alpha value is -4.84. The molecule has 1 aliphatic carbocycles. The number of hydrogen-bond donors (Lipinski definition) is 0. The number of ether oxygens (including phenoxy) is 2. The van der Waals surface area contributed by atoms with E-state index in [2.05, 4.69) is 26.9 Å². The van der Waals surface area contributed by atoms with E-state index < -0.39 is 18.1 Å². The first kappa shape index (κ1) is 28.0. The third-order valence-corrected chi connectivity index (χ3v) is 8.25. The number of pyridine rings is 1. The van der Waals surface area contributed by atoms with Gasteiger partial charge in [-0.15, -0.1) is 0 Å². The van der Waals surface area contributed by atoms with Crippen molar-refractivity contribution in [3.8, 4) is 11.3 Å². The molecule has 5 aromatic rings. The van der Waals surface area contributed by atoms with E-state index in [1.165, 1.54) is 12.1 Å². The van der Waals surface area contributed by atoms with E-state index in [0.29, 0.717) is 37.5 Å². The predicted octanol–water partition coefficient (Wildman–Crippen LogP) is 5.69. The molecule has 3 aromatic heterocycles. The first-order chi connectivity index (χ1) is 21.3. The van der Waals surface area contributed by atoms with Gasteiger partial charge in [-0.1, -0.05) is 36.4 Å². The number of hydrogen-bond acceptors (Lipinski definition) is 8. The van der Waals surface area contributed by atoms with Gasteiger partial charge in [0.2, 0.25) is 0 Å². The van der Waals surface area contributed by atoms with Crippen LogP contribution in [-0.2, 0) is 14.3 Å². The summed E-state index contributed by atoms with van der Waals surface area (Å²) in [5, 5.41) is 5.72. The van der Waals surface area contributed by atoms with Crippen LogP contribution in [0.1, 0.15) is 46.4 Å². The van der Waals surface area contributed by atoms with Crippen molar-refractivity contribution in [1.82, 2.24) is 19.6 Å². The van der Waals surface area contributed by atoms with Gasteiger partial charge in [0.15, 0.2) is 5.65 Å². The van der Waals surface area contributed by atoms with Gasteiger partial charge >= 0.3 is 18.1 Å². The van der Waals surface area contributed by atoms with Gasteiger partial charge in [0.25, 0.3) is 0 Å². The fraction of sp³-hybridized carbons (Fsp3) is 0.281. The molecule has 12 heteroatoms. The minimum Gasteiger partial charge on any atom is -0.383 e. The van der Waals surface area contributed by atoms with Crippen molar-refractivity contribution in [2.45, 2.75) is 30.9 Å². The normalized spacial score (nSPS) is 18.8. The Morgan fingerprint density at radius 3 is 2.39 bits per heavy atom. The lowest BCUT2D eigenvalue weighted by Gasteiger charge is -2.34. The molecule has 0 atom stereocenters. The van der Waals surface area contributed by atoms with Gasteiger partial charge < -0.3 is 14.4 Å². The van der Waals surface area contributed by atoms with Crippen LogP contribution in [0.25, 0.3) is 27.8 Å². The van der Waals surface area contributed by atoms with Crippen molar-refractivity contribution >= 4 is 34.2 Å². The maximum atomic E-state index is 12.6. The van der Waals surface area contributed by atoms with E-state index in [4.69, 9.17) is 14.7 Å². The van der Waals surface area contributed by atoms with Crippen molar-refractivity contribution in [1.29, 1.82) is 0 Å². The van der Waals surface area contributed by atoms with Gasteiger partial charge in [0.1, 0.15) is 0 Å². The highest BCUT2D eigenvalue weighted by molar-refractivity contribution is 5.98. The standard InChI is InChI=1S/C32H26F3N5O4/c33-32(34,35)31(42)44-30(41)21-7-5-20(6-8-21)28-27(38-29-26(11-12-36-40(28)29)39-13-15-43-16-14-39)23-17-22(18-23)25-10-9-19-3-1-2-4-24(19)37-25/h1-12,22-23H,13-18H2. The fourth-order valence-electron chi connectivity index (χ4n) is 5.91. The Bertz CT molecular complexity index is 1880. The number of para-hydroxylation sites is 1. The topological polar surface area (TPSA) is 98.9 Å². The van der Waals surface area contributed by atoms with Crippen LogP contribution in [0.4, 0.5) is 18.9 Å². The van der Waals surface area contributed by atoms with Crippen molar-refractivity contribution < 1.29 is 32.2 Å². The van der Waals surface area contributed by atoms with Crippen LogP contribution >= 0.6 is 0 Å². The highest BCUT2D eigenvalue weighted by Crippen LogP contribution is 2.49. The molecule has 9 nitrogen and oxygen atoms in total. The number of benzene rings is 2. The number of fused-ring (bicyclic) bond motifs is 2. The molecule has 1 aliphatic heterocycles. The lowest BCUT2D eigenvalue weighted by Crippen LogP contribution is -2.36. The highest BCUT2D eigenvalue weighted by Gasteiger charge is 2.42. The van der Waals surface area contributed by atoms with Gasteiger partial charge in [0.05, 0.1) is 47.6 Å². The molecule has 44 heavy (non-hydrogen) atoms. The first-order valence-electron chi connectivity index (χ1n) is 14.3. The number of anilines is 1. The molecule has 2 fully saturated rings. The maximum Gasteiger partial charge on any atom is 0.491 e. The Morgan fingerprint density at radius 1 is 0.886 bits per heavy atom. The molecule has 2 aliphatic rings. The molecule has 2 aromatic carbocycles. The number of morpholine rings is 1. The van der Waals surface area contributed by atoms with Crippen LogP contribution in [0.3, 0.4) is 0 Å². The summed E-state index contributed by atoms with van der Waals surface area (Å²) >= 11 is 0. The van der Waals surface area contributed by atoms with E-state index in [1.807, 2.05) is 30.3 Å². The SMILES string of the molecule is O=C(OC(=O)C(F)(F)F)c1ccc(-c2c(C3CC(c4ccc5ccccc5n4)C3)nc3c(N4CCOCC4)ccnn23)cc1. The molecule has 0 spiro atoms. The van der Waals surface area contributed by atoms with Crippen LogP contribution < -0.4 is 4.90 Å². The highest BCUT2D eigenvalue weighted by atomic mass is 19.4. The number of halogens is 3. The van der Waals surface area contributed by atoms with Crippen LogP contribution in [0.2, 0.25) is 0 Å². The van der Waals surface area contributed by atoms with Gasteiger partial charge in [-0.2, -0.15) is 18.3 Å². The Labute approximate surface area is 249 Å². The molecular weight excluding hydrogens is 575 g/mol. The van der Waals surface area contributed by atoms with E-state index in [9.17, 15) is 22.8 Å². The van der Waals surface area contributed by atoms with Crippen molar-refractivity contribution in [3.63, 3.8) is 0 Å². The Balaban J connectivity index is 1.23. The molecule has 0 radical (unpaired) electrons. The van der Waals surface area contributed by atoms with Gasteiger partial charge in [-0.05, 0) is 43.2 Å². The van der Waals surface area contributed by atoms with Crippen LogP contribution in [0.5, 0.6) is 0 Å². The number of imidazole rings is 1. The second-order valence-corrected chi connectivity index (χ2v) is 10.9. The minimum absolute atomic E-state index is 0.108. The van der Waals surface area contributed by atoms with Gasteiger partial charge in [-0.3, -0.25) is 4.98 Å². The summed E-state index contributed by atoms with van der Waals surface area (Å²) in [7, 11) is 0. The van der Waals surface area contributed by atoms with E-state index >= 15 is 0 Å². The molecule has 0 amide bonds. The van der Waals surface area contributed by atoms with Crippen LogP contribution in [-0.4, -0.2) is 64.0 Å². The number of alkyl halides is 3. The second-order valence-electron chi connectivity index (χ2n) is 10.9. The fourth-order valence-corrected chi connectivity index (χ4v) is 5.91.